The zero-order valence-electron chi connectivity index (χ0n) is 14.2. The van der Waals surface area contributed by atoms with Crippen molar-refractivity contribution in [3.8, 4) is 0 Å². The maximum absolute atomic E-state index is 11.6. The zero-order chi connectivity index (χ0) is 16.3. The van der Waals surface area contributed by atoms with Gasteiger partial charge in [-0.1, -0.05) is 13.8 Å². The predicted molar refractivity (Wildman–Crippen MR) is 80.3 cm³/mol. The molecule has 1 N–H and O–H groups in total. The topological polar surface area (TPSA) is 71.6 Å². The van der Waals surface area contributed by atoms with Crippen LogP contribution in [-0.4, -0.2) is 46.7 Å². The fourth-order valence-electron chi connectivity index (χ4n) is 4.04. The van der Waals surface area contributed by atoms with Gasteiger partial charge in [0.2, 0.25) is 0 Å². The van der Waals surface area contributed by atoms with Gasteiger partial charge < -0.3 is 19.3 Å². The second-order valence-electron chi connectivity index (χ2n) is 7.91. The summed E-state index contributed by atoms with van der Waals surface area (Å²) in [7, 11) is 0. The summed E-state index contributed by atoms with van der Waals surface area (Å²) in [4.78, 5) is 11.6. The number of fused-ring (bicyclic) bond motifs is 2. The summed E-state index contributed by atoms with van der Waals surface area (Å²) in [6.45, 7) is 9.71. The Morgan fingerprint density at radius 2 is 2.00 bits per heavy atom. The van der Waals surface area contributed by atoms with Crippen LogP contribution in [0, 0.1) is 11.8 Å². The standard InChI is InChI=1S/C17H28O5/c1-9(2)11-8-12(19)17(5)13(21-17)6-7-16(4)15(22-16)14(11)20-10(3)18/h9,11-15,19H,6-8H2,1-5H3/t11?,12-,13+,14+,15-,16-,17+/m0/s1. The summed E-state index contributed by atoms with van der Waals surface area (Å²) >= 11 is 0. The molecule has 3 aliphatic rings. The maximum Gasteiger partial charge on any atom is 0.303 e. The van der Waals surface area contributed by atoms with Gasteiger partial charge in [-0.25, -0.2) is 0 Å². The Hall–Kier alpha value is -0.650. The van der Waals surface area contributed by atoms with E-state index in [-0.39, 0.29) is 41.7 Å². The number of hydrogen-bond donors (Lipinski definition) is 1. The summed E-state index contributed by atoms with van der Waals surface area (Å²) in [6, 6.07) is 0. The third-order valence-corrected chi connectivity index (χ3v) is 5.86. The van der Waals surface area contributed by atoms with Crippen LogP contribution in [0.25, 0.3) is 0 Å². The molecule has 0 spiro atoms. The summed E-state index contributed by atoms with van der Waals surface area (Å²) in [6.07, 6.45) is 1.52. The van der Waals surface area contributed by atoms with Crippen LogP contribution in [0.3, 0.4) is 0 Å². The molecule has 5 nitrogen and oxygen atoms in total. The molecular formula is C17H28O5. The highest BCUT2D eigenvalue weighted by Crippen LogP contribution is 2.53. The van der Waals surface area contributed by atoms with E-state index in [0.29, 0.717) is 6.42 Å². The van der Waals surface area contributed by atoms with Crippen LogP contribution in [0.4, 0.5) is 0 Å². The molecule has 0 radical (unpaired) electrons. The van der Waals surface area contributed by atoms with Gasteiger partial charge in [-0.05, 0) is 39.0 Å². The number of aliphatic hydroxyl groups is 1. The predicted octanol–water partition coefficient (Wildman–Crippen LogP) is 2.05. The van der Waals surface area contributed by atoms with Crippen LogP contribution < -0.4 is 0 Å². The molecule has 126 valence electrons. The van der Waals surface area contributed by atoms with Crippen molar-refractivity contribution >= 4 is 5.97 Å². The highest BCUT2D eigenvalue weighted by Gasteiger charge is 2.64. The molecule has 2 saturated heterocycles. The van der Waals surface area contributed by atoms with Gasteiger partial charge in [0.25, 0.3) is 0 Å². The smallest absolute Gasteiger partial charge is 0.303 e. The van der Waals surface area contributed by atoms with Crippen LogP contribution >= 0.6 is 0 Å². The van der Waals surface area contributed by atoms with Gasteiger partial charge in [-0.3, -0.25) is 4.79 Å². The number of carbonyl (C=O) groups is 1. The van der Waals surface area contributed by atoms with Gasteiger partial charge in [0, 0.05) is 12.8 Å². The Labute approximate surface area is 132 Å². The van der Waals surface area contributed by atoms with E-state index in [1.807, 2.05) is 6.92 Å². The van der Waals surface area contributed by atoms with Crippen molar-refractivity contribution in [2.75, 3.05) is 0 Å². The fraction of sp³-hybridized carbons (Fsp3) is 0.941. The summed E-state index contributed by atoms with van der Waals surface area (Å²) in [5.74, 6) is 0.0602. The average molecular weight is 312 g/mol. The normalized spacial score (nSPS) is 50.8. The van der Waals surface area contributed by atoms with Crippen LogP contribution in [0.1, 0.15) is 53.9 Å². The third kappa shape index (κ3) is 2.68. The molecule has 2 aliphatic heterocycles. The van der Waals surface area contributed by atoms with E-state index in [1.54, 1.807) is 0 Å². The minimum Gasteiger partial charge on any atom is -0.459 e. The molecule has 0 aromatic heterocycles. The molecule has 3 rings (SSSR count). The van der Waals surface area contributed by atoms with Gasteiger partial charge in [0.15, 0.2) is 0 Å². The lowest BCUT2D eigenvalue weighted by Crippen LogP contribution is -2.42. The van der Waals surface area contributed by atoms with Crippen molar-refractivity contribution in [1.29, 1.82) is 0 Å². The number of rotatable bonds is 2. The van der Waals surface area contributed by atoms with Gasteiger partial charge in [0.1, 0.15) is 17.8 Å². The van der Waals surface area contributed by atoms with E-state index in [2.05, 4.69) is 20.8 Å². The first-order valence-electron chi connectivity index (χ1n) is 8.38. The lowest BCUT2D eigenvalue weighted by atomic mass is 9.77. The Balaban J connectivity index is 1.87. The number of esters is 1. The first kappa shape index (κ1) is 16.2. The number of epoxide rings is 2. The highest BCUT2D eigenvalue weighted by molar-refractivity contribution is 5.66. The van der Waals surface area contributed by atoms with E-state index >= 15 is 0 Å². The van der Waals surface area contributed by atoms with Crippen molar-refractivity contribution in [3.63, 3.8) is 0 Å². The molecule has 0 bridgehead atoms. The number of aliphatic hydroxyl groups excluding tert-OH is 1. The first-order valence-corrected chi connectivity index (χ1v) is 8.38. The summed E-state index contributed by atoms with van der Waals surface area (Å²) < 4.78 is 17.4. The summed E-state index contributed by atoms with van der Waals surface area (Å²) in [5.41, 5.74) is -0.686. The van der Waals surface area contributed by atoms with E-state index in [9.17, 15) is 9.90 Å². The van der Waals surface area contributed by atoms with Crippen molar-refractivity contribution in [2.45, 2.75) is 89.5 Å². The van der Waals surface area contributed by atoms with Crippen LogP contribution in [0.5, 0.6) is 0 Å². The molecule has 5 heteroatoms. The quantitative estimate of drug-likeness (QED) is 0.624. The molecule has 0 aromatic carbocycles. The first-order chi connectivity index (χ1) is 10.2. The molecule has 1 unspecified atom stereocenters. The van der Waals surface area contributed by atoms with Gasteiger partial charge in [0.05, 0.1) is 17.8 Å². The summed E-state index contributed by atoms with van der Waals surface area (Å²) in [5, 5.41) is 10.6. The van der Waals surface area contributed by atoms with Crippen LogP contribution in [-0.2, 0) is 19.0 Å². The second kappa shape index (κ2) is 5.18. The lowest BCUT2D eigenvalue weighted by Gasteiger charge is -2.32. The minimum absolute atomic E-state index is 0.0606. The Morgan fingerprint density at radius 3 is 2.59 bits per heavy atom. The molecule has 7 atom stereocenters. The molecule has 0 amide bonds. The van der Waals surface area contributed by atoms with Crippen molar-refractivity contribution in [3.05, 3.63) is 0 Å². The van der Waals surface area contributed by atoms with Crippen LogP contribution in [0.2, 0.25) is 0 Å². The third-order valence-electron chi connectivity index (χ3n) is 5.86. The Morgan fingerprint density at radius 1 is 1.32 bits per heavy atom. The molecule has 1 saturated carbocycles. The zero-order valence-corrected chi connectivity index (χ0v) is 14.2. The number of carbonyl (C=O) groups excluding carboxylic acids is 1. The largest absolute Gasteiger partial charge is 0.459 e. The van der Waals surface area contributed by atoms with Crippen LogP contribution in [0.15, 0.2) is 0 Å². The lowest BCUT2D eigenvalue weighted by molar-refractivity contribution is -0.152. The maximum atomic E-state index is 11.6. The molecule has 22 heavy (non-hydrogen) atoms. The van der Waals surface area contributed by atoms with Gasteiger partial charge >= 0.3 is 5.97 Å². The van der Waals surface area contributed by atoms with Crippen molar-refractivity contribution in [1.82, 2.24) is 0 Å². The Bertz CT molecular complexity index is 464. The van der Waals surface area contributed by atoms with E-state index < -0.39 is 11.7 Å². The Kier molecular flexibility index (Phi) is 3.82. The van der Waals surface area contributed by atoms with Gasteiger partial charge in [-0.15, -0.1) is 0 Å². The number of ether oxygens (including phenoxy) is 3. The van der Waals surface area contributed by atoms with Crippen molar-refractivity contribution < 1.29 is 24.1 Å². The highest BCUT2D eigenvalue weighted by atomic mass is 16.6. The average Bonchev–Trinajstić information content (AvgIpc) is 3.27. The molecule has 0 aromatic rings. The molecule has 1 aliphatic carbocycles. The minimum atomic E-state index is -0.536. The van der Waals surface area contributed by atoms with E-state index in [4.69, 9.17) is 14.2 Å². The SMILES string of the molecule is CC(=O)O[C@@H]1C(C(C)C)C[C@H](O)[C@@]2(C)O[C@@H]2CC[C@]2(C)O[C@@H]12. The van der Waals surface area contributed by atoms with Gasteiger partial charge in [-0.2, -0.15) is 0 Å². The molecular weight excluding hydrogens is 284 g/mol. The van der Waals surface area contributed by atoms with E-state index in [0.717, 1.165) is 12.8 Å². The monoisotopic (exact) mass is 312 g/mol. The van der Waals surface area contributed by atoms with E-state index in [1.165, 1.54) is 6.92 Å². The number of hydrogen-bond acceptors (Lipinski definition) is 5. The molecule has 3 fully saturated rings. The fourth-order valence-corrected chi connectivity index (χ4v) is 4.04. The molecule has 2 heterocycles. The second-order valence-corrected chi connectivity index (χ2v) is 7.91. The van der Waals surface area contributed by atoms with Crippen molar-refractivity contribution in [2.24, 2.45) is 11.8 Å².